The van der Waals surface area contributed by atoms with Crippen molar-refractivity contribution in [2.24, 2.45) is 0 Å². The summed E-state index contributed by atoms with van der Waals surface area (Å²) in [5.74, 6) is 0.645. The molecule has 6 heteroatoms. The average molecular weight is 285 g/mol. The summed E-state index contributed by atoms with van der Waals surface area (Å²) >= 11 is 0. The van der Waals surface area contributed by atoms with E-state index in [9.17, 15) is 0 Å². The van der Waals surface area contributed by atoms with Crippen molar-refractivity contribution >= 4 is 5.95 Å². The molecule has 0 spiro atoms. The van der Waals surface area contributed by atoms with Crippen LogP contribution in [0.25, 0.3) is 0 Å². The molecule has 0 aliphatic carbocycles. The second kappa shape index (κ2) is 7.10. The molecule has 2 aromatic heterocycles. The van der Waals surface area contributed by atoms with E-state index in [1.165, 1.54) is 0 Å². The Morgan fingerprint density at radius 3 is 2.52 bits per heavy atom. The van der Waals surface area contributed by atoms with Crippen molar-refractivity contribution in [3.8, 4) is 0 Å². The van der Waals surface area contributed by atoms with Crippen molar-refractivity contribution in [1.29, 1.82) is 0 Å². The van der Waals surface area contributed by atoms with Crippen LogP contribution in [-0.4, -0.2) is 52.7 Å². The standard InChI is InChI=1S/C15H19N5O/c1-2-5-16-13(4-1)14(20-8-10-21-11-9-20)12-19-15-17-6-3-7-18-15/h1-7,14H,8-12H2,(H,17,18,19)/t14-/m0/s1. The largest absolute Gasteiger partial charge is 0.379 e. The Kier molecular flexibility index (Phi) is 4.70. The predicted molar refractivity (Wildman–Crippen MR) is 79.9 cm³/mol. The minimum Gasteiger partial charge on any atom is -0.379 e. The van der Waals surface area contributed by atoms with Crippen molar-refractivity contribution in [3.05, 3.63) is 48.5 Å². The third-order valence-electron chi connectivity index (χ3n) is 3.53. The highest BCUT2D eigenvalue weighted by Gasteiger charge is 2.23. The van der Waals surface area contributed by atoms with Crippen LogP contribution in [0.15, 0.2) is 42.9 Å². The molecule has 0 amide bonds. The first-order valence-corrected chi connectivity index (χ1v) is 7.17. The first-order chi connectivity index (χ1) is 10.4. The summed E-state index contributed by atoms with van der Waals surface area (Å²) in [6, 6.07) is 8.03. The molecule has 1 N–H and O–H groups in total. The Labute approximate surface area is 124 Å². The fourth-order valence-electron chi connectivity index (χ4n) is 2.46. The Balaban J connectivity index is 1.72. The monoisotopic (exact) mass is 285 g/mol. The van der Waals surface area contributed by atoms with Crippen LogP contribution < -0.4 is 5.32 Å². The number of rotatable bonds is 5. The molecule has 0 aromatic carbocycles. The van der Waals surface area contributed by atoms with Gasteiger partial charge in [0.1, 0.15) is 0 Å². The molecule has 3 rings (SSSR count). The van der Waals surface area contributed by atoms with E-state index in [0.29, 0.717) is 5.95 Å². The molecule has 1 saturated heterocycles. The molecular formula is C15H19N5O. The molecule has 1 atom stereocenters. The second-order valence-electron chi connectivity index (χ2n) is 4.87. The molecular weight excluding hydrogens is 266 g/mol. The summed E-state index contributed by atoms with van der Waals surface area (Å²) in [4.78, 5) is 15.3. The summed E-state index contributed by atoms with van der Waals surface area (Å²) in [6.07, 6.45) is 5.31. The zero-order valence-electron chi connectivity index (χ0n) is 11.9. The molecule has 1 aliphatic rings. The molecule has 0 unspecified atom stereocenters. The van der Waals surface area contributed by atoms with Gasteiger partial charge in [-0.1, -0.05) is 6.07 Å². The van der Waals surface area contributed by atoms with Crippen molar-refractivity contribution in [2.75, 3.05) is 38.2 Å². The second-order valence-corrected chi connectivity index (χ2v) is 4.87. The summed E-state index contributed by atoms with van der Waals surface area (Å²) in [7, 11) is 0. The zero-order valence-corrected chi connectivity index (χ0v) is 11.9. The van der Waals surface area contributed by atoms with Crippen molar-refractivity contribution in [3.63, 3.8) is 0 Å². The number of nitrogens with one attached hydrogen (secondary N) is 1. The highest BCUT2D eigenvalue weighted by atomic mass is 16.5. The topological polar surface area (TPSA) is 63.2 Å². The fourth-order valence-corrected chi connectivity index (χ4v) is 2.46. The summed E-state index contributed by atoms with van der Waals surface area (Å²) in [5, 5.41) is 3.30. The molecule has 2 aromatic rings. The van der Waals surface area contributed by atoms with Crippen LogP contribution in [-0.2, 0) is 4.74 Å². The van der Waals surface area contributed by atoms with Crippen molar-refractivity contribution in [1.82, 2.24) is 19.9 Å². The predicted octanol–water partition coefficient (Wildman–Crippen LogP) is 1.36. The van der Waals surface area contributed by atoms with Gasteiger partial charge in [-0.3, -0.25) is 9.88 Å². The number of nitrogens with zero attached hydrogens (tertiary/aromatic N) is 4. The number of pyridine rings is 1. The van der Waals surface area contributed by atoms with Crippen LogP contribution in [0.4, 0.5) is 5.95 Å². The van der Waals surface area contributed by atoms with Gasteiger partial charge in [0, 0.05) is 38.2 Å². The molecule has 0 saturated carbocycles. The van der Waals surface area contributed by atoms with Crippen LogP contribution in [0.2, 0.25) is 0 Å². The van der Waals surface area contributed by atoms with Gasteiger partial charge in [-0.2, -0.15) is 0 Å². The van der Waals surface area contributed by atoms with Gasteiger partial charge in [0.15, 0.2) is 0 Å². The van der Waals surface area contributed by atoms with E-state index in [0.717, 1.165) is 38.5 Å². The van der Waals surface area contributed by atoms with Gasteiger partial charge >= 0.3 is 0 Å². The zero-order chi connectivity index (χ0) is 14.3. The lowest BCUT2D eigenvalue weighted by atomic mass is 10.1. The molecule has 3 heterocycles. The first-order valence-electron chi connectivity index (χ1n) is 7.17. The number of hydrogen-bond donors (Lipinski definition) is 1. The van der Waals surface area contributed by atoms with E-state index < -0.39 is 0 Å². The molecule has 110 valence electrons. The first kappa shape index (κ1) is 13.9. The van der Waals surface area contributed by atoms with E-state index in [2.05, 4.69) is 31.2 Å². The maximum absolute atomic E-state index is 5.44. The minimum atomic E-state index is 0.193. The van der Waals surface area contributed by atoms with Gasteiger partial charge in [0.2, 0.25) is 5.95 Å². The molecule has 1 fully saturated rings. The molecule has 1 aliphatic heterocycles. The summed E-state index contributed by atoms with van der Waals surface area (Å²) in [6.45, 7) is 4.09. The van der Waals surface area contributed by atoms with Gasteiger partial charge in [0.05, 0.1) is 24.9 Å². The number of morpholine rings is 1. The third kappa shape index (κ3) is 3.74. The van der Waals surface area contributed by atoms with E-state index in [1.807, 2.05) is 24.4 Å². The maximum Gasteiger partial charge on any atom is 0.222 e. The lowest BCUT2D eigenvalue weighted by Crippen LogP contribution is -2.42. The van der Waals surface area contributed by atoms with E-state index in [1.54, 1.807) is 12.4 Å². The van der Waals surface area contributed by atoms with Crippen LogP contribution in [0.1, 0.15) is 11.7 Å². The Morgan fingerprint density at radius 1 is 1.05 bits per heavy atom. The van der Waals surface area contributed by atoms with Crippen LogP contribution in [0.5, 0.6) is 0 Å². The number of hydrogen-bond acceptors (Lipinski definition) is 6. The van der Waals surface area contributed by atoms with Crippen LogP contribution >= 0.6 is 0 Å². The highest BCUT2D eigenvalue weighted by molar-refractivity contribution is 5.24. The smallest absolute Gasteiger partial charge is 0.222 e. The SMILES string of the molecule is c1ccc([C@H](CNc2ncccn2)N2CCOCC2)nc1. The van der Waals surface area contributed by atoms with E-state index in [-0.39, 0.29) is 6.04 Å². The molecule has 6 nitrogen and oxygen atoms in total. The Bertz CT molecular complexity index is 530. The average Bonchev–Trinajstić information content (AvgIpc) is 2.58. The lowest BCUT2D eigenvalue weighted by molar-refractivity contribution is 0.0178. The van der Waals surface area contributed by atoms with Gasteiger partial charge in [-0.15, -0.1) is 0 Å². The van der Waals surface area contributed by atoms with Gasteiger partial charge < -0.3 is 10.1 Å². The fraction of sp³-hybridized carbons (Fsp3) is 0.400. The van der Waals surface area contributed by atoms with Crippen molar-refractivity contribution < 1.29 is 4.74 Å². The molecule has 21 heavy (non-hydrogen) atoms. The van der Waals surface area contributed by atoms with E-state index >= 15 is 0 Å². The third-order valence-corrected chi connectivity index (χ3v) is 3.53. The number of anilines is 1. The minimum absolute atomic E-state index is 0.193. The van der Waals surface area contributed by atoms with Crippen molar-refractivity contribution in [2.45, 2.75) is 6.04 Å². The molecule has 0 bridgehead atoms. The van der Waals surface area contributed by atoms with Crippen LogP contribution in [0, 0.1) is 0 Å². The maximum atomic E-state index is 5.44. The highest BCUT2D eigenvalue weighted by Crippen LogP contribution is 2.20. The number of aromatic nitrogens is 3. The Hall–Kier alpha value is -2.05. The quantitative estimate of drug-likeness (QED) is 0.895. The summed E-state index contributed by atoms with van der Waals surface area (Å²) in [5.41, 5.74) is 1.06. The van der Waals surface area contributed by atoms with E-state index in [4.69, 9.17) is 4.74 Å². The van der Waals surface area contributed by atoms with Gasteiger partial charge in [-0.05, 0) is 18.2 Å². The normalized spacial score (nSPS) is 17.3. The van der Waals surface area contributed by atoms with Crippen LogP contribution in [0.3, 0.4) is 0 Å². The lowest BCUT2D eigenvalue weighted by Gasteiger charge is -2.34. The summed E-state index contributed by atoms with van der Waals surface area (Å²) < 4.78 is 5.44. The van der Waals surface area contributed by atoms with Gasteiger partial charge in [-0.25, -0.2) is 9.97 Å². The molecule has 0 radical (unpaired) electrons. The Morgan fingerprint density at radius 2 is 1.81 bits per heavy atom. The number of ether oxygens (including phenoxy) is 1. The van der Waals surface area contributed by atoms with Gasteiger partial charge in [0.25, 0.3) is 0 Å².